The molecule has 3 rings (SSSR count). The minimum absolute atomic E-state index is 0.0822. The molecule has 28 heavy (non-hydrogen) atoms. The van der Waals surface area contributed by atoms with Gasteiger partial charge in [0.05, 0.1) is 11.4 Å². The Balaban J connectivity index is 1.49. The maximum absolute atomic E-state index is 12.1. The number of thiazole rings is 1. The first-order chi connectivity index (χ1) is 13.6. The van der Waals surface area contributed by atoms with E-state index in [0.29, 0.717) is 10.9 Å². The van der Waals surface area contributed by atoms with E-state index < -0.39 is 0 Å². The molecule has 0 aliphatic carbocycles. The lowest BCUT2D eigenvalue weighted by Gasteiger charge is -2.03. The van der Waals surface area contributed by atoms with Crippen molar-refractivity contribution in [3.05, 3.63) is 40.2 Å². The topological polar surface area (TPSA) is 67.8 Å². The third kappa shape index (κ3) is 6.39. The molecule has 5 nitrogen and oxygen atoms in total. The number of hydrogen-bond acceptors (Lipinski definition) is 7. The minimum Gasteiger partial charge on any atom is -0.301 e. The molecule has 1 N–H and O–H groups in total. The Bertz CT molecular complexity index is 889. The van der Waals surface area contributed by atoms with Crippen molar-refractivity contribution in [1.82, 2.24) is 15.2 Å². The molecule has 1 aromatic carbocycles. The average Bonchev–Trinajstić information content (AvgIpc) is 3.33. The van der Waals surface area contributed by atoms with Crippen LogP contribution in [0.4, 0.5) is 5.13 Å². The average molecular weight is 433 g/mol. The number of carbonyl (C=O) groups is 1. The van der Waals surface area contributed by atoms with Crippen molar-refractivity contribution in [2.24, 2.45) is 0 Å². The number of amides is 1. The molecule has 2 aromatic heterocycles. The second kappa shape index (κ2) is 10.7. The number of nitrogens with one attached hydrogen (secondary N) is 1. The third-order valence-electron chi connectivity index (χ3n) is 4.15. The predicted molar refractivity (Wildman–Crippen MR) is 119 cm³/mol. The Morgan fingerprint density at radius 3 is 2.68 bits per heavy atom. The zero-order chi connectivity index (χ0) is 19.8. The normalized spacial score (nSPS) is 10.9. The van der Waals surface area contributed by atoms with Gasteiger partial charge in [-0.05, 0) is 25.3 Å². The molecule has 1 amide bonds. The van der Waals surface area contributed by atoms with Gasteiger partial charge < -0.3 is 5.32 Å². The molecule has 0 spiro atoms. The Morgan fingerprint density at radius 2 is 1.96 bits per heavy atom. The molecular weight excluding hydrogens is 408 g/mol. The molecule has 2 heterocycles. The van der Waals surface area contributed by atoms with Gasteiger partial charge in [0, 0.05) is 10.9 Å². The Labute approximate surface area is 178 Å². The molecular formula is C20H24N4OS3. The summed E-state index contributed by atoms with van der Waals surface area (Å²) in [5.41, 5.74) is 3.34. The van der Waals surface area contributed by atoms with Crippen LogP contribution < -0.4 is 5.32 Å². The van der Waals surface area contributed by atoms with Crippen molar-refractivity contribution in [1.29, 1.82) is 0 Å². The van der Waals surface area contributed by atoms with Crippen LogP contribution >= 0.6 is 34.4 Å². The smallest absolute Gasteiger partial charge is 0.236 e. The van der Waals surface area contributed by atoms with Crippen molar-refractivity contribution in [2.75, 3.05) is 11.1 Å². The van der Waals surface area contributed by atoms with Gasteiger partial charge in [-0.25, -0.2) is 4.98 Å². The molecule has 0 aliphatic heterocycles. The van der Waals surface area contributed by atoms with Crippen LogP contribution in [0, 0.1) is 6.92 Å². The van der Waals surface area contributed by atoms with Crippen molar-refractivity contribution in [2.45, 2.75) is 50.3 Å². The van der Waals surface area contributed by atoms with Gasteiger partial charge in [-0.1, -0.05) is 73.6 Å². The van der Waals surface area contributed by atoms with Crippen molar-refractivity contribution >= 4 is 45.5 Å². The van der Waals surface area contributed by atoms with E-state index in [1.165, 1.54) is 65.7 Å². The number of carbonyl (C=O) groups excluding carboxylic acids is 1. The number of aryl methyl sites for hydroxylation is 2. The number of unbranched alkanes of at least 4 members (excludes halogenated alkanes) is 3. The summed E-state index contributed by atoms with van der Waals surface area (Å²) in [5, 5.41) is 14.3. The van der Waals surface area contributed by atoms with Crippen LogP contribution in [-0.2, 0) is 11.2 Å². The van der Waals surface area contributed by atoms with Crippen LogP contribution in [0.1, 0.15) is 43.2 Å². The van der Waals surface area contributed by atoms with Gasteiger partial charge in [-0.2, -0.15) is 0 Å². The van der Waals surface area contributed by atoms with E-state index in [1.807, 2.05) is 12.3 Å². The molecule has 0 saturated carbocycles. The highest BCUT2D eigenvalue weighted by Crippen LogP contribution is 2.26. The molecule has 0 bridgehead atoms. The maximum Gasteiger partial charge on any atom is 0.236 e. The monoisotopic (exact) mass is 432 g/mol. The van der Waals surface area contributed by atoms with E-state index >= 15 is 0 Å². The van der Waals surface area contributed by atoms with E-state index in [9.17, 15) is 4.79 Å². The van der Waals surface area contributed by atoms with E-state index in [4.69, 9.17) is 0 Å². The molecule has 0 aliphatic rings. The van der Waals surface area contributed by atoms with Gasteiger partial charge in [0.1, 0.15) is 5.01 Å². The fourth-order valence-corrected chi connectivity index (χ4v) is 5.03. The second-order valence-electron chi connectivity index (χ2n) is 6.47. The highest BCUT2D eigenvalue weighted by molar-refractivity contribution is 8.01. The van der Waals surface area contributed by atoms with Crippen LogP contribution in [0.15, 0.2) is 34.0 Å². The molecule has 148 valence electrons. The van der Waals surface area contributed by atoms with E-state index in [2.05, 4.69) is 51.7 Å². The van der Waals surface area contributed by atoms with Crippen LogP contribution in [0.25, 0.3) is 11.3 Å². The third-order valence-corrected chi connectivity index (χ3v) is 6.88. The van der Waals surface area contributed by atoms with E-state index in [-0.39, 0.29) is 5.91 Å². The lowest BCUT2D eigenvalue weighted by atomic mass is 10.0. The summed E-state index contributed by atoms with van der Waals surface area (Å²) in [6, 6.07) is 8.59. The molecule has 0 unspecified atom stereocenters. The van der Waals surface area contributed by atoms with Crippen molar-refractivity contribution < 1.29 is 4.79 Å². The maximum atomic E-state index is 12.1. The number of rotatable bonds is 10. The summed E-state index contributed by atoms with van der Waals surface area (Å²) >= 11 is 4.33. The summed E-state index contributed by atoms with van der Waals surface area (Å²) in [4.78, 5) is 16.7. The number of thioether (sulfide) groups is 1. The largest absolute Gasteiger partial charge is 0.301 e. The van der Waals surface area contributed by atoms with Crippen LogP contribution in [0.3, 0.4) is 0 Å². The minimum atomic E-state index is -0.0822. The lowest BCUT2D eigenvalue weighted by Crippen LogP contribution is -2.13. The zero-order valence-corrected chi connectivity index (χ0v) is 18.6. The number of benzene rings is 1. The summed E-state index contributed by atoms with van der Waals surface area (Å²) < 4.78 is 0.808. The first-order valence-electron chi connectivity index (χ1n) is 9.41. The quantitative estimate of drug-likeness (QED) is 0.323. The van der Waals surface area contributed by atoms with Crippen LogP contribution in [0.5, 0.6) is 0 Å². The Morgan fingerprint density at radius 1 is 1.14 bits per heavy atom. The van der Waals surface area contributed by atoms with Gasteiger partial charge in [-0.15, -0.1) is 21.5 Å². The molecule has 0 fully saturated rings. The highest BCUT2D eigenvalue weighted by Gasteiger charge is 2.10. The van der Waals surface area contributed by atoms with Gasteiger partial charge in [0.15, 0.2) is 9.47 Å². The van der Waals surface area contributed by atoms with Gasteiger partial charge in [0.25, 0.3) is 0 Å². The first-order valence-corrected chi connectivity index (χ1v) is 12.1. The van der Waals surface area contributed by atoms with E-state index in [0.717, 1.165) is 27.0 Å². The SMILES string of the molecule is CCCCCCc1ccc(-c2csc(NC(=O)CSc3nnc(C)s3)n2)cc1. The van der Waals surface area contributed by atoms with Crippen molar-refractivity contribution in [3.8, 4) is 11.3 Å². The molecule has 0 atom stereocenters. The lowest BCUT2D eigenvalue weighted by molar-refractivity contribution is -0.113. The zero-order valence-electron chi connectivity index (χ0n) is 16.1. The van der Waals surface area contributed by atoms with Crippen molar-refractivity contribution in [3.63, 3.8) is 0 Å². The second-order valence-corrected chi connectivity index (χ2v) is 9.73. The number of aromatic nitrogens is 3. The number of hydrogen-bond donors (Lipinski definition) is 1. The predicted octanol–water partition coefficient (Wildman–Crippen LogP) is 5.82. The highest BCUT2D eigenvalue weighted by atomic mass is 32.2. The Kier molecular flexibility index (Phi) is 8.00. The summed E-state index contributed by atoms with van der Waals surface area (Å²) in [6.45, 7) is 4.13. The summed E-state index contributed by atoms with van der Waals surface area (Å²) in [5.74, 6) is 0.220. The van der Waals surface area contributed by atoms with Crippen LogP contribution in [0.2, 0.25) is 0 Å². The number of anilines is 1. The molecule has 0 saturated heterocycles. The van der Waals surface area contributed by atoms with Gasteiger partial charge in [0.2, 0.25) is 5.91 Å². The molecule has 3 aromatic rings. The summed E-state index contributed by atoms with van der Waals surface area (Å²) in [7, 11) is 0. The van der Waals surface area contributed by atoms with Crippen LogP contribution in [-0.4, -0.2) is 26.8 Å². The van der Waals surface area contributed by atoms with Gasteiger partial charge in [-0.3, -0.25) is 4.79 Å². The number of nitrogens with zero attached hydrogens (tertiary/aromatic N) is 3. The fraction of sp³-hybridized carbons (Fsp3) is 0.400. The standard InChI is InChI=1S/C20H24N4OS3/c1-3-4-5-6-7-15-8-10-16(11-9-15)17-12-26-19(21-17)22-18(25)13-27-20-24-23-14(2)28-20/h8-12H,3-7,13H2,1-2H3,(H,21,22,25). The molecule has 8 heteroatoms. The van der Waals surface area contributed by atoms with E-state index in [1.54, 1.807) is 0 Å². The van der Waals surface area contributed by atoms with Gasteiger partial charge >= 0.3 is 0 Å². The summed E-state index contributed by atoms with van der Waals surface area (Å²) in [6.07, 6.45) is 6.25. The molecule has 0 radical (unpaired) electrons. The fourth-order valence-electron chi connectivity index (χ4n) is 2.68. The first kappa shape index (κ1) is 21.0. The Hall–Kier alpha value is -1.77.